The van der Waals surface area contributed by atoms with E-state index >= 15 is 0 Å². The maximum Gasteiger partial charge on any atom is 0.0930 e. The summed E-state index contributed by atoms with van der Waals surface area (Å²) in [6.07, 6.45) is 1.72. The van der Waals surface area contributed by atoms with Gasteiger partial charge in [0.2, 0.25) is 0 Å². The molecule has 0 radical (unpaired) electrons. The van der Waals surface area contributed by atoms with Gasteiger partial charge in [0.1, 0.15) is 0 Å². The van der Waals surface area contributed by atoms with Crippen LogP contribution in [0.15, 0.2) is 35.3 Å². The number of anilines is 1. The van der Waals surface area contributed by atoms with Crippen molar-refractivity contribution in [2.45, 2.75) is 6.54 Å². The summed E-state index contributed by atoms with van der Waals surface area (Å²) in [6, 6.07) is 10.2. The average Bonchev–Trinajstić information content (AvgIpc) is 2.30. The zero-order valence-electron chi connectivity index (χ0n) is 8.20. The molecule has 0 unspecified atom stereocenters. The number of hydrogen-bond acceptors (Lipinski definition) is 3. The normalized spacial score (nSPS) is 12.9. The van der Waals surface area contributed by atoms with E-state index in [0.29, 0.717) is 6.54 Å². The number of nitrogens with two attached hydrogens (primary N) is 1. The minimum Gasteiger partial charge on any atom is -0.346 e. The smallest absolute Gasteiger partial charge is 0.0930 e. The highest BCUT2D eigenvalue weighted by atomic mass is 15.0. The second-order valence-corrected chi connectivity index (χ2v) is 3.58. The van der Waals surface area contributed by atoms with E-state index in [-0.39, 0.29) is 0 Å². The standard InChI is InChI=1S/C12H11N3/c13-6-8-4-5-11-12-9(8)2-1-3-10(12)14-7-15-11/h1-5,7H,6,13H2,(H,14,15). The molecule has 0 bridgehead atoms. The van der Waals surface area contributed by atoms with Crippen LogP contribution in [0.3, 0.4) is 0 Å². The zero-order valence-corrected chi connectivity index (χ0v) is 8.20. The third-order valence-corrected chi connectivity index (χ3v) is 2.75. The maximum atomic E-state index is 5.72. The van der Waals surface area contributed by atoms with E-state index in [1.54, 1.807) is 6.34 Å². The predicted octanol–water partition coefficient (Wildman–Crippen LogP) is 2.38. The van der Waals surface area contributed by atoms with E-state index in [1.807, 2.05) is 18.2 Å². The number of nitrogens with zero attached hydrogens (tertiary/aromatic N) is 1. The van der Waals surface area contributed by atoms with Crippen LogP contribution in [0.1, 0.15) is 5.56 Å². The van der Waals surface area contributed by atoms with Gasteiger partial charge in [-0.2, -0.15) is 0 Å². The molecule has 3 N–H and O–H groups in total. The van der Waals surface area contributed by atoms with Crippen molar-refractivity contribution >= 4 is 28.5 Å². The first kappa shape index (κ1) is 8.44. The lowest BCUT2D eigenvalue weighted by Crippen LogP contribution is -2.02. The molecule has 0 aliphatic carbocycles. The first-order chi connectivity index (χ1) is 7.40. The Morgan fingerprint density at radius 3 is 3.00 bits per heavy atom. The van der Waals surface area contributed by atoms with Crippen molar-refractivity contribution < 1.29 is 0 Å². The second-order valence-electron chi connectivity index (χ2n) is 3.58. The van der Waals surface area contributed by atoms with Crippen molar-refractivity contribution in [3.63, 3.8) is 0 Å². The summed E-state index contributed by atoms with van der Waals surface area (Å²) in [5.41, 5.74) is 8.99. The van der Waals surface area contributed by atoms with Crippen molar-refractivity contribution in [3.05, 3.63) is 35.9 Å². The van der Waals surface area contributed by atoms with E-state index in [1.165, 1.54) is 10.8 Å². The summed E-state index contributed by atoms with van der Waals surface area (Å²) < 4.78 is 0. The van der Waals surface area contributed by atoms with E-state index in [0.717, 1.165) is 16.9 Å². The van der Waals surface area contributed by atoms with Gasteiger partial charge in [0.25, 0.3) is 0 Å². The first-order valence-corrected chi connectivity index (χ1v) is 4.94. The second kappa shape index (κ2) is 3.07. The summed E-state index contributed by atoms with van der Waals surface area (Å²) >= 11 is 0. The van der Waals surface area contributed by atoms with E-state index < -0.39 is 0 Å². The first-order valence-electron chi connectivity index (χ1n) is 4.94. The minimum absolute atomic E-state index is 0.559. The molecule has 3 rings (SSSR count). The highest BCUT2D eigenvalue weighted by Gasteiger charge is 2.10. The van der Waals surface area contributed by atoms with Crippen molar-refractivity contribution in [1.82, 2.24) is 0 Å². The van der Waals surface area contributed by atoms with Crippen LogP contribution < -0.4 is 11.1 Å². The van der Waals surface area contributed by atoms with Crippen LogP contribution in [-0.2, 0) is 6.54 Å². The third-order valence-electron chi connectivity index (χ3n) is 2.75. The van der Waals surface area contributed by atoms with Crippen LogP contribution in [0.5, 0.6) is 0 Å². The van der Waals surface area contributed by atoms with Crippen LogP contribution in [0.25, 0.3) is 10.8 Å². The quantitative estimate of drug-likeness (QED) is 0.737. The molecule has 74 valence electrons. The third kappa shape index (κ3) is 1.13. The number of aliphatic imine (C=N–C) groups is 1. The summed E-state index contributed by atoms with van der Waals surface area (Å²) in [7, 11) is 0. The molecule has 1 aliphatic rings. The summed E-state index contributed by atoms with van der Waals surface area (Å²) in [4.78, 5) is 4.31. The van der Waals surface area contributed by atoms with Gasteiger partial charge in [-0.25, -0.2) is 4.99 Å². The Bertz CT molecular complexity index is 558. The van der Waals surface area contributed by atoms with Gasteiger partial charge < -0.3 is 11.1 Å². The predicted molar refractivity (Wildman–Crippen MR) is 63.6 cm³/mol. The van der Waals surface area contributed by atoms with E-state index in [2.05, 4.69) is 22.4 Å². The Morgan fingerprint density at radius 1 is 1.20 bits per heavy atom. The molecule has 0 aromatic heterocycles. The number of hydrogen-bond donors (Lipinski definition) is 2. The van der Waals surface area contributed by atoms with Crippen LogP contribution >= 0.6 is 0 Å². The molecule has 2 aromatic rings. The van der Waals surface area contributed by atoms with Crippen LogP contribution in [0.4, 0.5) is 11.4 Å². The lowest BCUT2D eigenvalue weighted by molar-refractivity contribution is 1.09. The molecule has 1 heterocycles. The fraction of sp³-hybridized carbons (Fsp3) is 0.0833. The molecule has 0 amide bonds. The van der Waals surface area contributed by atoms with Crippen molar-refractivity contribution in [1.29, 1.82) is 0 Å². The molecule has 3 nitrogen and oxygen atoms in total. The molecule has 0 fully saturated rings. The van der Waals surface area contributed by atoms with Crippen LogP contribution in [0.2, 0.25) is 0 Å². The topological polar surface area (TPSA) is 50.4 Å². The van der Waals surface area contributed by atoms with Crippen molar-refractivity contribution in [2.24, 2.45) is 10.7 Å². The van der Waals surface area contributed by atoms with Crippen molar-refractivity contribution in [2.75, 3.05) is 5.32 Å². The number of nitrogens with one attached hydrogen (secondary N) is 1. The summed E-state index contributed by atoms with van der Waals surface area (Å²) in [5, 5.41) is 5.51. The summed E-state index contributed by atoms with van der Waals surface area (Å²) in [6.45, 7) is 0.559. The molecule has 0 saturated carbocycles. The Kier molecular flexibility index (Phi) is 1.73. The summed E-state index contributed by atoms with van der Waals surface area (Å²) in [5.74, 6) is 0. The van der Waals surface area contributed by atoms with Gasteiger partial charge >= 0.3 is 0 Å². The molecule has 1 aliphatic heterocycles. The highest BCUT2D eigenvalue weighted by molar-refractivity contribution is 6.09. The lowest BCUT2D eigenvalue weighted by atomic mass is 10.0. The maximum absolute atomic E-state index is 5.72. The van der Waals surface area contributed by atoms with Gasteiger partial charge in [0.05, 0.1) is 12.0 Å². The molecule has 0 saturated heterocycles. The zero-order chi connectivity index (χ0) is 10.3. The number of rotatable bonds is 1. The molecular formula is C12H11N3. The number of benzene rings is 2. The monoisotopic (exact) mass is 197 g/mol. The van der Waals surface area contributed by atoms with E-state index in [4.69, 9.17) is 5.73 Å². The largest absolute Gasteiger partial charge is 0.346 e. The SMILES string of the molecule is NCc1ccc2c3c(cccc13)NC=N2. The molecule has 3 heteroatoms. The van der Waals surface area contributed by atoms with Gasteiger partial charge in [-0.15, -0.1) is 0 Å². The average molecular weight is 197 g/mol. The Morgan fingerprint density at radius 2 is 2.13 bits per heavy atom. The van der Waals surface area contributed by atoms with E-state index in [9.17, 15) is 0 Å². The van der Waals surface area contributed by atoms with Gasteiger partial charge in [0.15, 0.2) is 0 Å². The minimum atomic E-state index is 0.559. The fourth-order valence-corrected chi connectivity index (χ4v) is 2.03. The Labute approximate surface area is 87.6 Å². The van der Waals surface area contributed by atoms with Gasteiger partial charge in [-0.3, -0.25) is 0 Å². The Hall–Kier alpha value is -1.87. The van der Waals surface area contributed by atoms with Gasteiger partial charge in [-0.1, -0.05) is 18.2 Å². The molecule has 0 spiro atoms. The lowest BCUT2D eigenvalue weighted by Gasteiger charge is -2.15. The van der Waals surface area contributed by atoms with Crippen molar-refractivity contribution in [3.8, 4) is 0 Å². The highest BCUT2D eigenvalue weighted by Crippen LogP contribution is 2.36. The Balaban J connectivity index is 2.48. The molecule has 2 aromatic carbocycles. The molecule has 15 heavy (non-hydrogen) atoms. The van der Waals surface area contributed by atoms with Crippen LogP contribution in [0, 0.1) is 0 Å². The van der Waals surface area contributed by atoms with Gasteiger partial charge in [0, 0.05) is 17.6 Å². The van der Waals surface area contributed by atoms with Gasteiger partial charge in [-0.05, 0) is 23.1 Å². The molecular weight excluding hydrogens is 186 g/mol. The fourth-order valence-electron chi connectivity index (χ4n) is 2.03. The van der Waals surface area contributed by atoms with Crippen LogP contribution in [-0.4, -0.2) is 6.34 Å². The molecule has 0 atom stereocenters.